The number of esters is 1. The molecule has 0 saturated heterocycles. The molecule has 0 radical (unpaired) electrons. The summed E-state index contributed by atoms with van der Waals surface area (Å²) in [6.45, 7) is 3.98. The normalized spacial score (nSPS) is 17.9. The van der Waals surface area contributed by atoms with Crippen LogP contribution in [0.25, 0.3) is 0 Å². The quantitative estimate of drug-likeness (QED) is 0.781. The van der Waals surface area contributed by atoms with Gasteiger partial charge in [-0.1, -0.05) is 20.3 Å². The van der Waals surface area contributed by atoms with Crippen molar-refractivity contribution in [1.82, 2.24) is 5.32 Å². The Morgan fingerprint density at radius 3 is 2.37 bits per heavy atom. The van der Waals surface area contributed by atoms with E-state index in [1.165, 1.54) is 13.5 Å². The van der Waals surface area contributed by atoms with Crippen LogP contribution in [0.5, 0.6) is 0 Å². The molecule has 0 heterocycles. The summed E-state index contributed by atoms with van der Waals surface area (Å²) in [7, 11) is 1.32. The van der Waals surface area contributed by atoms with E-state index in [2.05, 4.69) is 5.32 Å². The van der Waals surface area contributed by atoms with Crippen molar-refractivity contribution in [3.63, 3.8) is 0 Å². The van der Waals surface area contributed by atoms with Gasteiger partial charge in [-0.3, -0.25) is 0 Å². The molecule has 1 N–H and O–H groups in total. The summed E-state index contributed by atoms with van der Waals surface area (Å²) in [5.41, 5.74) is 0. The number of hydrogen-bond donors (Lipinski definition) is 1. The standard InChI is InChI=1S/C14H25NO4/c1-10(2)9-12(13(16)18-3)15-14(17)19-11-7-5-4-6-8-11/h10-12H,4-9H2,1-3H3,(H,15,17). The first-order valence-corrected chi connectivity index (χ1v) is 7.08. The summed E-state index contributed by atoms with van der Waals surface area (Å²) >= 11 is 0. The Labute approximate surface area is 115 Å². The van der Waals surface area contributed by atoms with E-state index < -0.39 is 18.1 Å². The number of methoxy groups -OCH3 is 1. The lowest BCUT2D eigenvalue weighted by atomic mass is 9.98. The minimum absolute atomic E-state index is 0.00824. The van der Waals surface area contributed by atoms with Crippen LogP contribution in [0.4, 0.5) is 4.79 Å². The molecule has 1 aliphatic carbocycles. The molecule has 1 rings (SSSR count). The Bertz CT molecular complexity index is 298. The Hall–Kier alpha value is -1.26. The number of amides is 1. The molecule has 0 aromatic heterocycles. The molecule has 0 aliphatic heterocycles. The van der Waals surface area contributed by atoms with E-state index in [9.17, 15) is 9.59 Å². The number of ether oxygens (including phenoxy) is 2. The topological polar surface area (TPSA) is 64.6 Å². The smallest absolute Gasteiger partial charge is 0.408 e. The number of rotatable bonds is 5. The SMILES string of the molecule is COC(=O)C(CC(C)C)NC(=O)OC1CCCCC1. The zero-order chi connectivity index (χ0) is 14.3. The van der Waals surface area contributed by atoms with Crippen LogP contribution in [0, 0.1) is 5.92 Å². The van der Waals surface area contributed by atoms with Gasteiger partial charge in [0.1, 0.15) is 12.1 Å². The van der Waals surface area contributed by atoms with E-state index in [0.29, 0.717) is 12.3 Å². The summed E-state index contributed by atoms with van der Waals surface area (Å²) in [6.07, 6.45) is 5.27. The van der Waals surface area contributed by atoms with Gasteiger partial charge in [-0.2, -0.15) is 0 Å². The Balaban J connectivity index is 2.43. The molecule has 1 aliphatic rings. The number of carbonyl (C=O) groups is 2. The van der Waals surface area contributed by atoms with E-state index in [1.807, 2.05) is 13.8 Å². The maximum Gasteiger partial charge on any atom is 0.408 e. The number of nitrogens with one attached hydrogen (secondary N) is 1. The van der Waals surface area contributed by atoms with E-state index in [0.717, 1.165) is 25.7 Å². The fourth-order valence-corrected chi connectivity index (χ4v) is 2.34. The molecule has 1 unspecified atom stereocenters. The molecule has 0 aromatic carbocycles. The molecule has 1 atom stereocenters. The van der Waals surface area contributed by atoms with Gasteiger partial charge in [0, 0.05) is 0 Å². The van der Waals surface area contributed by atoms with Crippen LogP contribution in [0.2, 0.25) is 0 Å². The van der Waals surface area contributed by atoms with E-state index in [4.69, 9.17) is 9.47 Å². The van der Waals surface area contributed by atoms with Gasteiger partial charge in [0.05, 0.1) is 7.11 Å². The van der Waals surface area contributed by atoms with Crippen molar-refractivity contribution in [3.8, 4) is 0 Å². The van der Waals surface area contributed by atoms with Gasteiger partial charge in [-0.25, -0.2) is 9.59 Å². The van der Waals surface area contributed by atoms with Crippen LogP contribution >= 0.6 is 0 Å². The Kier molecular flexibility index (Phi) is 6.67. The molecule has 1 saturated carbocycles. The Morgan fingerprint density at radius 2 is 1.84 bits per heavy atom. The summed E-state index contributed by atoms with van der Waals surface area (Å²) in [5, 5.41) is 2.61. The molecule has 19 heavy (non-hydrogen) atoms. The maximum atomic E-state index is 11.8. The third kappa shape index (κ3) is 5.94. The third-order valence-corrected chi connectivity index (χ3v) is 3.31. The highest BCUT2D eigenvalue weighted by Gasteiger charge is 2.25. The monoisotopic (exact) mass is 271 g/mol. The average Bonchev–Trinajstić information content (AvgIpc) is 2.37. The number of carbonyl (C=O) groups excluding carboxylic acids is 2. The van der Waals surface area contributed by atoms with Gasteiger partial charge < -0.3 is 14.8 Å². The molecule has 110 valence electrons. The second kappa shape index (κ2) is 8.02. The summed E-state index contributed by atoms with van der Waals surface area (Å²) in [4.78, 5) is 23.4. The number of alkyl carbamates (subject to hydrolysis) is 1. The highest BCUT2D eigenvalue weighted by molar-refractivity contribution is 5.81. The highest BCUT2D eigenvalue weighted by Crippen LogP contribution is 2.20. The summed E-state index contributed by atoms with van der Waals surface area (Å²) in [6, 6.07) is -0.624. The van der Waals surface area contributed by atoms with Gasteiger partial charge in [0.2, 0.25) is 0 Å². The summed E-state index contributed by atoms with van der Waals surface area (Å²) < 4.78 is 10.0. The van der Waals surface area contributed by atoms with Gasteiger partial charge in [0.25, 0.3) is 0 Å². The average molecular weight is 271 g/mol. The molecule has 5 nitrogen and oxygen atoms in total. The first kappa shape index (κ1) is 15.8. The molecule has 5 heteroatoms. The van der Waals surface area contributed by atoms with Crippen molar-refractivity contribution in [2.24, 2.45) is 5.92 Å². The van der Waals surface area contributed by atoms with Crippen molar-refractivity contribution in [2.75, 3.05) is 7.11 Å². The molecule has 1 fully saturated rings. The second-order valence-electron chi connectivity index (χ2n) is 5.51. The van der Waals surface area contributed by atoms with Crippen molar-refractivity contribution in [3.05, 3.63) is 0 Å². The lowest BCUT2D eigenvalue weighted by Crippen LogP contribution is -2.43. The minimum Gasteiger partial charge on any atom is -0.467 e. The predicted octanol–water partition coefficient (Wildman–Crippen LogP) is 2.63. The fraction of sp³-hybridized carbons (Fsp3) is 0.857. The van der Waals surface area contributed by atoms with Gasteiger partial charge in [-0.05, 0) is 38.0 Å². The van der Waals surface area contributed by atoms with Crippen molar-refractivity contribution in [2.45, 2.75) is 64.5 Å². The highest BCUT2D eigenvalue weighted by atomic mass is 16.6. The van der Waals surface area contributed by atoms with Crippen molar-refractivity contribution in [1.29, 1.82) is 0 Å². The van der Waals surface area contributed by atoms with Crippen LogP contribution in [0.15, 0.2) is 0 Å². The van der Waals surface area contributed by atoms with Crippen LogP contribution in [-0.2, 0) is 14.3 Å². The summed E-state index contributed by atoms with van der Waals surface area (Å²) in [5.74, 6) is -0.131. The lowest BCUT2D eigenvalue weighted by molar-refractivity contribution is -0.143. The maximum absolute atomic E-state index is 11.8. The van der Waals surface area contributed by atoms with E-state index >= 15 is 0 Å². The first-order valence-electron chi connectivity index (χ1n) is 7.08. The third-order valence-electron chi connectivity index (χ3n) is 3.31. The van der Waals surface area contributed by atoms with Crippen LogP contribution in [0.1, 0.15) is 52.4 Å². The minimum atomic E-state index is -0.624. The largest absolute Gasteiger partial charge is 0.467 e. The van der Waals surface area contributed by atoms with Crippen LogP contribution in [0.3, 0.4) is 0 Å². The lowest BCUT2D eigenvalue weighted by Gasteiger charge is -2.24. The van der Waals surface area contributed by atoms with Gasteiger partial charge in [-0.15, -0.1) is 0 Å². The fourth-order valence-electron chi connectivity index (χ4n) is 2.34. The van der Waals surface area contributed by atoms with E-state index in [-0.39, 0.29) is 6.10 Å². The molecule has 0 bridgehead atoms. The molecular formula is C14H25NO4. The Morgan fingerprint density at radius 1 is 1.21 bits per heavy atom. The van der Waals surface area contributed by atoms with Gasteiger partial charge in [0.15, 0.2) is 0 Å². The van der Waals surface area contributed by atoms with Gasteiger partial charge >= 0.3 is 12.1 Å². The molecule has 0 spiro atoms. The van der Waals surface area contributed by atoms with Crippen LogP contribution in [-0.4, -0.2) is 31.3 Å². The second-order valence-corrected chi connectivity index (χ2v) is 5.51. The number of hydrogen-bond acceptors (Lipinski definition) is 4. The molecule has 0 aromatic rings. The van der Waals surface area contributed by atoms with Crippen LogP contribution < -0.4 is 5.32 Å². The zero-order valence-corrected chi connectivity index (χ0v) is 12.1. The van der Waals surface area contributed by atoms with Crippen molar-refractivity contribution < 1.29 is 19.1 Å². The van der Waals surface area contributed by atoms with Crippen molar-refractivity contribution >= 4 is 12.1 Å². The first-order chi connectivity index (χ1) is 9.02. The van der Waals surface area contributed by atoms with E-state index in [1.54, 1.807) is 0 Å². The zero-order valence-electron chi connectivity index (χ0n) is 12.1. The predicted molar refractivity (Wildman–Crippen MR) is 71.7 cm³/mol. The molecule has 1 amide bonds. The molecular weight excluding hydrogens is 246 g/mol.